The van der Waals surface area contributed by atoms with E-state index in [-0.39, 0.29) is 0 Å². The van der Waals surface area contributed by atoms with Crippen molar-refractivity contribution in [3.05, 3.63) is 41.0 Å². The maximum atomic E-state index is 12.4. The molecule has 0 unspecified atom stereocenters. The SMILES string of the molecule is CC1=C(c2ccc(C)cc2)S(=O)(=O)N=C1N1CCOCC1. The van der Waals surface area contributed by atoms with E-state index in [0.29, 0.717) is 42.6 Å². The Morgan fingerprint density at radius 1 is 1.10 bits per heavy atom. The molecule has 1 aromatic rings. The first-order chi connectivity index (χ1) is 9.99. The summed E-state index contributed by atoms with van der Waals surface area (Å²) in [5.74, 6) is 0.564. The van der Waals surface area contributed by atoms with E-state index in [1.165, 1.54) is 0 Å². The van der Waals surface area contributed by atoms with Gasteiger partial charge in [-0.2, -0.15) is 8.42 Å². The smallest absolute Gasteiger partial charge is 0.285 e. The van der Waals surface area contributed by atoms with Gasteiger partial charge in [0.2, 0.25) is 0 Å². The summed E-state index contributed by atoms with van der Waals surface area (Å²) in [7, 11) is -3.62. The number of benzene rings is 1. The predicted molar refractivity (Wildman–Crippen MR) is 82.5 cm³/mol. The third-order valence-electron chi connectivity index (χ3n) is 3.76. The highest BCUT2D eigenvalue weighted by Gasteiger charge is 2.33. The van der Waals surface area contributed by atoms with Gasteiger partial charge < -0.3 is 9.64 Å². The van der Waals surface area contributed by atoms with Crippen molar-refractivity contribution in [3.8, 4) is 0 Å². The Kier molecular flexibility index (Phi) is 3.59. The third kappa shape index (κ3) is 2.61. The zero-order valence-electron chi connectivity index (χ0n) is 12.2. The van der Waals surface area contributed by atoms with Crippen LogP contribution in [0, 0.1) is 6.92 Å². The average Bonchev–Trinajstić information content (AvgIpc) is 2.71. The van der Waals surface area contributed by atoms with Crippen LogP contribution in [0.3, 0.4) is 0 Å². The largest absolute Gasteiger partial charge is 0.378 e. The molecule has 3 rings (SSSR count). The Hall–Kier alpha value is -1.66. The molecule has 1 aromatic carbocycles. The van der Waals surface area contributed by atoms with Crippen LogP contribution in [-0.2, 0) is 14.8 Å². The molecule has 2 aliphatic heterocycles. The van der Waals surface area contributed by atoms with Gasteiger partial charge in [-0.3, -0.25) is 0 Å². The Bertz CT molecular complexity index is 712. The molecule has 0 amide bonds. The van der Waals surface area contributed by atoms with Gasteiger partial charge in [-0.25, -0.2) is 0 Å². The number of hydrogen-bond donors (Lipinski definition) is 0. The topological polar surface area (TPSA) is 59.0 Å². The number of sulfonamides is 1. The monoisotopic (exact) mass is 306 g/mol. The van der Waals surface area contributed by atoms with Crippen LogP contribution in [0.1, 0.15) is 18.1 Å². The molecule has 0 aliphatic carbocycles. The molecule has 21 heavy (non-hydrogen) atoms. The highest BCUT2D eigenvalue weighted by molar-refractivity contribution is 8.00. The van der Waals surface area contributed by atoms with Crippen molar-refractivity contribution >= 4 is 20.8 Å². The van der Waals surface area contributed by atoms with Gasteiger partial charge in [0.05, 0.1) is 13.2 Å². The van der Waals surface area contributed by atoms with Crippen molar-refractivity contribution in [1.29, 1.82) is 0 Å². The standard InChI is InChI=1S/C15H18N2O3S/c1-11-3-5-13(6-4-11)14-12(2)15(16-21(14,18)19)17-7-9-20-10-8-17/h3-6H,7-10H2,1-2H3. The van der Waals surface area contributed by atoms with Gasteiger partial charge in [0, 0.05) is 18.7 Å². The highest BCUT2D eigenvalue weighted by Crippen LogP contribution is 2.33. The summed E-state index contributed by atoms with van der Waals surface area (Å²) in [6, 6.07) is 7.50. The molecule has 2 aliphatic rings. The van der Waals surface area contributed by atoms with Crippen LogP contribution in [0.25, 0.3) is 4.91 Å². The normalized spacial score (nSPS) is 21.6. The fourth-order valence-electron chi connectivity index (χ4n) is 2.66. The second-order valence-electron chi connectivity index (χ2n) is 5.31. The van der Waals surface area contributed by atoms with Gasteiger partial charge in [-0.1, -0.05) is 29.8 Å². The molecule has 1 saturated heterocycles. The van der Waals surface area contributed by atoms with Crippen molar-refractivity contribution in [2.24, 2.45) is 4.40 Å². The van der Waals surface area contributed by atoms with Gasteiger partial charge in [-0.05, 0) is 19.4 Å². The van der Waals surface area contributed by atoms with Crippen molar-refractivity contribution in [2.75, 3.05) is 26.3 Å². The molecule has 0 atom stereocenters. The Morgan fingerprint density at radius 3 is 2.33 bits per heavy atom. The fraction of sp³-hybridized carbons (Fsp3) is 0.400. The van der Waals surface area contributed by atoms with Crippen molar-refractivity contribution in [3.63, 3.8) is 0 Å². The lowest BCUT2D eigenvalue weighted by molar-refractivity contribution is 0.0683. The zero-order chi connectivity index (χ0) is 15.0. The predicted octanol–water partition coefficient (Wildman–Crippen LogP) is 1.80. The van der Waals surface area contributed by atoms with E-state index in [9.17, 15) is 8.42 Å². The Labute approximate surface area is 125 Å². The van der Waals surface area contributed by atoms with E-state index in [0.717, 1.165) is 11.1 Å². The van der Waals surface area contributed by atoms with Crippen LogP contribution in [0.4, 0.5) is 0 Å². The molecular weight excluding hydrogens is 288 g/mol. The Morgan fingerprint density at radius 2 is 1.71 bits per heavy atom. The molecular formula is C15H18N2O3S. The molecule has 0 saturated carbocycles. The highest BCUT2D eigenvalue weighted by atomic mass is 32.2. The quantitative estimate of drug-likeness (QED) is 0.794. The van der Waals surface area contributed by atoms with Gasteiger partial charge in [0.15, 0.2) is 0 Å². The maximum Gasteiger partial charge on any atom is 0.285 e. The van der Waals surface area contributed by atoms with Crippen LogP contribution in [0.5, 0.6) is 0 Å². The summed E-state index contributed by atoms with van der Waals surface area (Å²) in [6.07, 6.45) is 0. The van der Waals surface area contributed by atoms with E-state index in [2.05, 4.69) is 4.40 Å². The average molecular weight is 306 g/mol. The molecule has 0 aromatic heterocycles. The number of aryl methyl sites for hydroxylation is 1. The van der Waals surface area contributed by atoms with Gasteiger partial charge in [0.25, 0.3) is 10.0 Å². The zero-order valence-corrected chi connectivity index (χ0v) is 13.0. The molecule has 112 valence electrons. The second kappa shape index (κ2) is 5.27. The van der Waals surface area contributed by atoms with E-state index in [4.69, 9.17) is 4.74 Å². The summed E-state index contributed by atoms with van der Waals surface area (Å²) in [4.78, 5) is 2.31. The summed E-state index contributed by atoms with van der Waals surface area (Å²) in [6.45, 7) is 6.36. The maximum absolute atomic E-state index is 12.4. The molecule has 6 heteroatoms. The van der Waals surface area contributed by atoms with Crippen molar-refractivity contribution in [2.45, 2.75) is 13.8 Å². The minimum atomic E-state index is -3.62. The third-order valence-corrected chi connectivity index (χ3v) is 5.24. The van der Waals surface area contributed by atoms with Gasteiger partial charge in [-0.15, -0.1) is 4.40 Å². The minimum Gasteiger partial charge on any atom is -0.378 e. The molecule has 0 spiro atoms. The number of amidine groups is 1. The molecule has 1 fully saturated rings. The first-order valence-corrected chi connectivity index (χ1v) is 8.39. The van der Waals surface area contributed by atoms with Crippen LogP contribution < -0.4 is 0 Å². The number of nitrogens with zero attached hydrogens (tertiary/aromatic N) is 2. The number of morpholine rings is 1. The summed E-state index contributed by atoms with van der Waals surface area (Å²) < 4.78 is 34.1. The molecule has 0 radical (unpaired) electrons. The van der Waals surface area contributed by atoms with Crippen LogP contribution in [-0.4, -0.2) is 45.5 Å². The first kappa shape index (κ1) is 14.3. The number of rotatable bonds is 1. The van der Waals surface area contributed by atoms with E-state index in [1.54, 1.807) is 0 Å². The van der Waals surface area contributed by atoms with E-state index >= 15 is 0 Å². The lowest BCUT2D eigenvalue weighted by Gasteiger charge is -2.28. The molecule has 5 nitrogen and oxygen atoms in total. The number of ether oxygens (including phenoxy) is 1. The summed E-state index contributed by atoms with van der Waals surface area (Å²) in [5, 5.41) is 0. The first-order valence-electron chi connectivity index (χ1n) is 6.95. The van der Waals surface area contributed by atoms with E-state index in [1.807, 2.05) is 43.0 Å². The number of hydrogen-bond acceptors (Lipinski definition) is 4. The summed E-state index contributed by atoms with van der Waals surface area (Å²) in [5.41, 5.74) is 2.52. The van der Waals surface area contributed by atoms with Crippen molar-refractivity contribution < 1.29 is 13.2 Å². The lowest BCUT2D eigenvalue weighted by atomic mass is 10.1. The van der Waals surface area contributed by atoms with Crippen LogP contribution in [0.2, 0.25) is 0 Å². The van der Waals surface area contributed by atoms with Gasteiger partial charge in [0.1, 0.15) is 10.7 Å². The van der Waals surface area contributed by atoms with Crippen LogP contribution >= 0.6 is 0 Å². The second-order valence-corrected chi connectivity index (χ2v) is 6.85. The fourth-order valence-corrected chi connectivity index (χ4v) is 4.15. The minimum absolute atomic E-state index is 0.323. The van der Waals surface area contributed by atoms with Crippen LogP contribution in [0.15, 0.2) is 34.2 Å². The lowest BCUT2D eigenvalue weighted by Crippen LogP contribution is -2.40. The Balaban J connectivity index is 2.03. The summed E-state index contributed by atoms with van der Waals surface area (Å²) >= 11 is 0. The molecule has 0 bridgehead atoms. The van der Waals surface area contributed by atoms with Gasteiger partial charge >= 0.3 is 0 Å². The van der Waals surface area contributed by atoms with E-state index < -0.39 is 10.0 Å². The van der Waals surface area contributed by atoms with Crippen molar-refractivity contribution in [1.82, 2.24) is 4.90 Å². The molecule has 0 N–H and O–H groups in total. The molecule has 2 heterocycles.